The number of nitrogens with one attached hydrogen (secondary N) is 1. The number of fused-ring (bicyclic) bond motifs is 1. The molecular weight excluding hydrogens is 258 g/mol. The second-order valence-corrected chi connectivity index (χ2v) is 6.16. The second-order valence-electron chi connectivity index (χ2n) is 6.16. The molecule has 0 aliphatic carbocycles. The highest BCUT2D eigenvalue weighted by atomic mass is 16.3. The lowest BCUT2D eigenvalue weighted by atomic mass is 9.92. The van der Waals surface area contributed by atoms with Crippen LogP contribution in [0.3, 0.4) is 0 Å². The maximum atomic E-state index is 10.7. The zero-order chi connectivity index (χ0) is 15.0. The molecule has 2 nitrogen and oxygen atoms in total. The van der Waals surface area contributed by atoms with E-state index < -0.39 is 6.10 Å². The van der Waals surface area contributed by atoms with Gasteiger partial charge in [-0.2, -0.15) is 0 Å². The Morgan fingerprint density at radius 2 is 1.86 bits per heavy atom. The van der Waals surface area contributed by atoms with Gasteiger partial charge in [-0.05, 0) is 49.4 Å². The molecule has 0 bridgehead atoms. The fourth-order valence-corrected chi connectivity index (χ4v) is 3.48. The summed E-state index contributed by atoms with van der Waals surface area (Å²) in [5, 5.41) is 14.1. The Morgan fingerprint density at radius 1 is 1.14 bits per heavy atom. The van der Waals surface area contributed by atoms with E-state index in [0.717, 1.165) is 24.2 Å². The van der Waals surface area contributed by atoms with Gasteiger partial charge in [-0.3, -0.25) is 0 Å². The van der Waals surface area contributed by atoms with E-state index in [9.17, 15) is 5.11 Å². The molecule has 0 spiro atoms. The van der Waals surface area contributed by atoms with E-state index in [0.29, 0.717) is 6.42 Å². The van der Waals surface area contributed by atoms with Gasteiger partial charge in [-0.15, -0.1) is 0 Å². The Kier molecular flexibility index (Phi) is 3.73. The highest BCUT2D eigenvalue weighted by molar-refractivity contribution is 5.62. The Bertz CT molecular complexity index is 652. The molecule has 21 heavy (non-hydrogen) atoms. The van der Waals surface area contributed by atoms with E-state index in [1.54, 1.807) is 0 Å². The van der Waals surface area contributed by atoms with Crippen molar-refractivity contribution < 1.29 is 5.11 Å². The average Bonchev–Trinajstić information content (AvgIpc) is 2.90. The Hall–Kier alpha value is -1.80. The van der Waals surface area contributed by atoms with Crippen molar-refractivity contribution >= 4 is 5.69 Å². The number of para-hydroxylation sites is 1. The van der Waals surface area contributed by atoms with Crippen molar-refractivity contribution in [3.8, 4) is 0 Å². The first-order chi connectivity index (χ1) is 10.1. The molecule has 1 atom stereocenters. The largest absolute Gasteiger partial charge is 0.388 e. The lowest BCUT2D eigenvalue weighted by Gasteiger charge is -2.18. The molecule has 0 fully saturated rings. The summed E-state index contributed by atoms with van der Waals surface area (Å²) in [5.74, 6) is 0. The lowest BCUT2D eigenvalue weighted by Crippen LogP contribution is -2.07. The second kappa shape index (κ2) is 5.53. The Morgan fingerprint density at radius 3 is 2.57 bits per heavy atom. The smallest absolute Gasteiger partial charge is 0.0850 e. The predicted octanol–water partition coefficient (Wildman–Crippen LogP) is 3.86. The van der Waals surface area contributed by atoms with Crippen LogP contribution in [0.25, 0.3) is 0 Å². The number of hydrogen-bond donors (Lipinski definition) is 2. The first-order valence-corrected chi connectivity index (χ1v) is 7.66. The van der Waals surface area contributed by atoms with E-state index in [1.807, 2.05) is 6.07 Å². The molecule has 0 saturated heterocycles. The third kappa shape index (κ3) is 2.68. The maximum absolute atomic E-state index is 10.7. The van der Waals surface area contributed by atoms with Crippen LogP contribution in [-0.2, 0) is 12.8 Å². The summed E-state index contributed by atoms with van der Waals surface area (Å²) in [6.07, 6.45) is 1.28. The Balaban J connectivity index is 1.91. The van der Waals surface area contributed by atoms with Crippen LogP contribution in [0.5, 0.6) is 0 Å². The van der Waals surface area contributed by atoms with Crippen LogP contribution >= 0.6 is 0 Å². The van der Waals surface area contributed by atoms with Crippen LogP contribution < -0.4 is 5.32 Å². The third-order valence-electron chi connectivity index (χ3n) is 4.48. The predicted molar refractivity (Wildman–Crippen MR) is 88.0 cm³/mol. The van der Waals surface area contributed by atoms with Gasteiger partial charge in [0.2, 0.25) is 0 Å². The monoisotopic (exact) mass is 281 g/mol. The first-order valence-electron chi connectivity index (χ1n) is 7.66. The molecule has 0 saturated carbocycles. The van der Waals surface area contributed by atoms with Gasteiger partial charge in [0.1, 0.15) is 0 Å². The van der Waals surface area contributed by atoms with Gasteiger partial charge in [-0.1, -0.05) is 35.9 Å². The minimum absolute atomic E-state index is 0.453. The van der Waals surface area contributed by atoms with Crippen molar-refractivity contribution in [2.24, 2.45) is 0 Å². The van der Waals surface area contributed by atoms with Crippen molar-refractivity contribution in [1.82, 2.24) is 0 Å². The molecule has 1 unspecified atom stereocenters. The normalized spacial score (nSPS) is 14.7. The first kappa shape index (κ1) is 14.2. The topological polar surface area (TPSA) is 32.3 Å². The third-order valence-corrected chi connectivity index (χ3v) is 4.48. The van der Waals surface area contributed by atoms with E-state index in [4.69, 9.17) is 0 Å². The zero-order valence-electron chi connectivity index (χ0n) is 13.0. The molecule has 1 aliphatic rings. The number of aliphatic hydroxyl groups is 1. The molecule has 0 aromatic heterocycles. The molecule has 2 N–H and O–H groups in total. The van der Waals surface area contributed by atoms with Crippen LogP contribution in [0.1, 0.15) is 39.5 Å². The minimum atomic E-state index is -0.453. The van der Waals surface area contributed by atoms with Gasteiger partial charge >= 0.3 is 0 Å². The zero-order valence-corrected chi connectivity index (χ0v) is 13.0. The fraction of sp³-hybridized carbons (Fsp3) is 0.368. The molecule has 2 heteroatoms. The van der Waals surface area contributed by atoms with Gasteiger partial charge in [0.15, 0.2) is 0 Å². The lowest BCUT2D eigenvalue weighted by molar-refractivity contribution is 0.178. The number of benzene rings is 2. The number of aliphatic hydroxyl groups excluding tert-OH is 1. The van der Waals surface area contributed by atoms with Gasteiger partial charge in [0.05, 0.1) is 6.10 Å². The van der Waals surface area contributed by atoms with Crippen LogP contribution in [0, 0.1) is 20.8 Å². The van der Waals surface area contributed by atoms with Gasteiger partial charge in [0, 0.05) is 24.2 Å². The molecule has 1 aliphatic heterocycles. The SMILES string of the molecule is Cc1cc(C)c(CC(O)c2cccc3c2NCC3)c(C)c1. The summed E-state index contributed by atoms with van der Waals surface area (Å²) in [4.78, 5) is 0. The van der Waals surface area contributed by atoms with E-state index in [2.05, 4.69) is 50.4 Å². The van der Waals surface area contributed by atoms with Crippen molar-refractivity contribution in [2.75, 3.05) is 11.9 Å². The molecule has 3 rings (SSSR count). The van der Waals surface area contributed by atoms with E-state index in [-0.39, 0.29) is 0 Å². The summed E-state index contributed by atoms with van der Waals surface area (Å²) < 4.78 is 0. The number of anilines is 1. The van der Waals surface area contributed by atoms with Crippen LogP contribution in [-0.4, -0.2) is 11.7 Å². The van der Waals surface area contributed by atoms with E-state index in [1.165, 1.54) is 27.8 Å². The Labute approximate surface area is 126 Å². The van der Waals surface area contributed by atoms with Gasteiger partial charge < -0.3 is 10.4 Å². The van der Waals surface area contributed by atoms with Crippen LogP contribution in [0.15, 0.2) is 30.3 Å². The maximum Gasteiger partial charge on any atom is 0.0850 e. The number of aryl methyl sites for hydroxylation is 3. The fourth-order valence-electron chi connectivity index (χ4n) is 3.48. The summed E-state index contributed by atoms with van der Waals surface area (Å²) in [6.45, 7) is 7.36. The summed E-state index contributed by atoms with van der Waals surface area (Å²) >= 11 is 0. The van der Waals surface area contributed by atoms with Crippen molar-refractivity contribution in [1.29, 1.82) is 0 Å². The highest BCUT2D eigenvalue weighted by Gasteiger charge is 2.20. The quantitative estimate of drug-likeness (QED) is 0.895. The molecule has 110 valence electrons. The highest BCUT2D eigenvalue weighted by Crippen LogP contribution is 2.33. The minimum Gasteiger partial charge on any atom is -0.388 e. The van der Waals surface area contributed by atoms with Crippen molar-refractivity contribution in [2.45, 2.75) is 39.7 Å². The molecular formula is C19H23NO. The molecule has 2 aromatic rings. The van der Waals surface area contributed by atoms with Crippen molar-refractivity contribution in [3.05, 3.63) is 63.7 Å². The summed E-state index contributed by atoms with van der Waals surface area (Å²) in [6, 6.07) is 10.6. The van der Waals surface area contributed by atoms with Crippen LogP contribution in [0.2, 0.25) is 0 Å². The summed E-state index contributed by atoms with van der Waals surface area (Å²) in [5.41, 5.74) is 8.59. The average molecular weight is 281 g/mol. The standard InChI is InChI=1S/C19H23NO/c1-12-9-13(2)17(14(3)10-12)11-18(21)16-6-4-5-15-7-8-20-19(15)16/h4-6,9-10,18,20-21H,7-8,11H2,1-3H3. The molecule has 1 heterocycles. The molecule has 0 amide bonds. The van der Waals surface area contributed by atoms with Crippen molar-refractivity contribution in [3.63, 3.8) is 0 Å². The molecule has 2 aromatic carbocycles. The summed E-state index contributed by atoms with van der Waals surface area (Å²) in [7, 11) is 0. The van der Waals surface area contributed by atoms with Gasteiger partial charge in [-0.25, -0.2) is 0 Å². The number of rotatable bonds is 3. The van der Waals surface area contributed by atoms with E-state index >= 15 is 0 Å². The van der Waals surface area contributed by atoms with Crippen LogP contribution in [0.4, 0.5) is 5.69 Å². The molecule has 0 radical (unpaired) electrons. The van der Waals surface area contributed by atoms with Gasteiger partial charge in [0.25, 0.3) is 0 Å². The number of hydrogen-bond acceptors (Lipinski definition) is 2.